The van der Waals surface area contributed by atoms with E-state index in [0.717, 1.165) is 18.8 Å². The largest absolute Gasteiger partial charge is 0.458 e. The number of likely N-dealkylation sites (tertiary alicyclic amines) is 1. The van der Waals surface area contributed by atoms with E-state index in [1.54, 1.807) is 9.80 Å². The van der Waals surface area contributed by atoms with Gasteiger partial charge in [0.1, 0.15) is 6.10 Å². The Morgan fingerprint density at radius 1 is 1.24 bits per heavy atom. The van der Waals surface area contributed by atoms with Crippen LogP contribution in [0.3, 0.4) is 0 Å². The van der Waals surface area contributed by atoms with Gasteiger partial charge in [0.2, 0.25) is 0 Å². The van der Waals surface area contributed by atoms with Crippen LogP contribution in [-0.4, -0.2) is 71.3 Å². The van der Waals surface area contributed by atoms with E-state index in [9.17, 15) is 9.18 Å². The molecular formula is C13H17FN4O3. The highest BCUT2D eigenvalue weighted by Gasteiger charge is 2.31. The highest BCUT2D eigenvalue weighted by molar-refractivity contribution is 5.74. The zero-order valence-electron chi connectivity index (χ0n) is 11.6. The van der Waals surface area contributed by atoms with Gasteiger partial charge in [-0.05, 0) is 0 Å². The quantitative estimate of drug-likeness (QED) is 0.796. The fourth-order valence-corrected chi connectivity index (χ4v) is 2.46. The van der Waals surface area contributed by atoms with Crippen LogP contribution in [0.5, 0.6) is 6.01 Å². The summed E-state index contributed by atoms with van der Waals surface area (Å²) >= 11 is 0. The molecule has 7 nitrogen and oxygen atoms in total. The van der Waals surface area contributed by atoms with Crippen LogP contribution in [-0.2, 0) is 4.74 Å². The van der Waals surface area contributed by atoms with E-state index in [2.05, 4.69) is 9.97 Å². The predicted octanol–water partition coefficient (Wildman–Crippen LogP) is 0.521. The maximum Gasteiger partial charge on any atom is 0.320 e. The smallest absolute Gasteiger partial charge is 0.320 e. The molecule has 2 saturated heterocycles. The second-order valence-corrected chi connectivity index (χ2v) is 5.04. The molecule has 0 spiro atoms. The van der Waals surface area contributed by atoms with Crippen LogP contribution in [0.15, 0.2) is 12.4 Å². The van der Waals surface area contributed by atoms with Gasteiger partial charge in [-0.1, -0.05) is 0 Å². The van der Waals surface area contributed by atoms with E-state index < -0.39 is 5.82 Å². The monoisotopic (exact) mass is 296 g/mol. The molecule has 2 aliphatic rings. The molecule has 1 aromatic heterocycles. The van der Waals surface area contributed by atoms with E-state index in [-0.39, 0.29) is 18.1 Å². The first kappa shape index (κ1) is 14.0. The maximum absolute atomic E-state index is 12.7. The number of aromatic nitrogens is 2. The Hall–Kier alpha value is -1.96. The third-order valence-electron chi connectivity index (χ3n) is 3.57. The lowest BCUT2D eigenvalue weighted by atomic mass is 10.3. The van der Waals surface area contributed by atoms with Gasteiger partial charge >= 0.3 is 12.0 Å². The zero-order valence-corrected chi connectivity index (χ0v) is 11.6. The summed E-state index contributed by atoms with van der Waals surface area (Å²) in [5.74, 6) is -0.502. The van der Waals surface area contributed by atoms with E-state index in [0.29, 0.717) is 39.4 Å². The fraction of sp³-hybridized carbons (Fsp3) is 0.615. The molecule has 114 valence electrons. The number of hydrogen-bond acceptors (Lipinski definition) is 5. The number of urea groups is 1. The molecule has 0 bridgehead atoms. The summed E-state index contributed by atoms with van der Waals surface area (Å²) in [6.07, 6.45) is 2.69. The molecule has 1 atom stereocenters. The number of carbonyl (C=O) groups excluding carboxylic acids is 1. The lowest BCUT2D eigenvalue weighted by Crippen LogP contribution is -2.47. The van der Waals surface area contributed by atoms with Crippen molar-refractivity contribution in [1.82, 2.24) is 19.8 Å². The Bertz CT molecular complexity index is 493. The molecule has 2 aliphatic heterocycles. The topological polar surface area (TPSA) is 67.8 Å². The number of halogens is 1. The first-order valence-electron chi connectivity index (χ1n) is 6.98. The van der Waals surface area contributed by atoms with Crippen molar-refractivity contribution >= 4 is 6.03 Å². The summed E-state index contributed by atoms with van der Waals surface area (Å²) < 4.78 is 23.5. The summed E-state index contributed by atoms with van der Waals surface area (Å²) in [7, 11) is 0. The number of carbonyl (C=O) groups is 1. The van der Waals surface area contributed by atoms with Crippen molar-refractivity contribution in [2.75, 3.05) is 39.4 Å². The van der Waals surface area contributed by atoms with Gasteiger partial charge in [-0.3, -0.25) is 0 Å². The molecule has 2 fully saturated rings. The van der Waals surface area contributed by atoms with Gasteiger partial charge in [-0.2, -0.15) is 0 Å². The van der Waals surface area contributed by atoms with Gasteiger partial charge in [0.25, 0.3) is 0 Å². The highest BCUT2D eigenvalue weighted by atomic mass is 19.1. The Balaban J connectivity index is 1.52. The normalized spacial score (nSPS) is 22.4. The van der Waals surface area contributed by atoms with E-state index >= 15 is 0 Å². The third-order valence-corrected chi connectivity index (χ3v) is 3.57. The first-order chi connectivity index (χ1) is 10.2. The molecule has 2 amide bonds. The number of amides is 2. The van der Waals surface area contributed by atoms with Crippen molar-refractivity contribution < 1.29 is 18.7 Å². The third kappa shape index (κ3) is 3.38. The molecule has 0 radical (unpaired) electrons. The summed E-state index contributed by atoms with van der Waals surface area (Å²) in [4.78, 5) is 23.4. The molecular weight excluding hydrogens is 279 g/mol. The van der Waals surface area contributed by atoms with E-state index in [4.69, 9.17) is 9.47 Å². The average Bonchev–Trinajstić information content (AvgIpc) is 2.98. The molecule has 21 heavy (non-hydrogen) atoms. The molecule has 0 aromatic carbocycles. The second kappa shape index (κ2) is 6.21. The van der Waals surface area contributed by atoms with Crippen LogP contribution in [0.1, 0.15) is 6.42 Å². The molecule has 1 unspecified atom stereocenters. The maximum atomic E-state index is 12.7. The molecule has 0 aliphatic carbocycles. The molecule has 3 rings (SSSR count). The number of morpholine rings is 1. The number of rotatable bonds is 2. The van der Waals surface area contributed by atoms with E-state index in [1.165, 1.54) is 0 Å². The Labute approximate surface area is 121 Å². The minimum atomic E-state index is -0.502. The Kier molecular flexibility index (Phi) is 4.14. The van der Waals surface area contributed by atoms with Gasteiger partial charge < -0.3 is 19.3 Å². The average molecular weight is 296 g/mol. The van der Waals surface area contributed by atoms with Crippen LogP contribution >= 0.6 is 0 Å². The van der Waals surface area contributed by atoms with Crippen molar-refractivity contribution in [3.05, 3.63) is 18.2 Å². The SMILES string of the molecule is O=C(N1CCOCC1)N1CCC(Oc2ncc(F)cn2)C1. The minimum Gasteiger partial charge on any atom is -0.458 e. The number of nitrogens with zero attached hydrogens (tertiary/aromatic N) is 4. The first-order valence-corrected chi connectivity index (χ1v) is 6.98. The van der Waals surface area contributed by atoms with Gasteiger partial charge in [0.15, 0.2) is 5.82 Å². The molecule has 8 heteroatoms. The minimum absolute atomic E-state index is 0.0180. The lowest BCUT2D eigenvalue weighted by Gasteiger charge is -2.30. The summed E-state index contributed by atoms with van der Waals surface area (Å²) in [6.45, 7) is 3.56. The standard InChI is InChI=1S/C13H17FN4O3/c14-10-7-15-12(16-8-10)21-11-1-2-18(9-11)13(19)17-3-5-20-6-4-17/h7-8,11H,1-6,9H2. The molecule has 3 heterocycles. The second-order valence-electron chi connectivity index (χ2n) is 5.04. The number of ether oxygens (including phenoxy) is 2. The van der Waals surface area contributed by atoms with Crippen LogP contribution in [0.2, 0.25) is 0 Å². The number of hydrogen-bond donors (Lipinski definition) is 0. The molecule has 0 saturated carbocycles. The van der Waals surface area contributed by atoms with Gasteiger partial charge in [-0.25, -0.2) is 19.2 Å². The summed E-state index contributed by atoms with van der Waals surface area (Å²) in [6, 6.07) is 0.159. The fourth-order valence-electron chi connectivity index (χ4n) is 2.46. The van der Waals surface area contributed by atoms with Crippen molar-refractivity contribution in [1.29, 1.82) is 0 Å². The Morgan fingerprint density at radius 3 is 2.67 bits per heavy atom. The van der Waals surface area contributed by atoms with Crippen LogP contribution < -0.4 is 4.74 Å². The van der Waals surface area contributed by atoms with Crippen LogP contribution in [0, 0.1) is 5.82 Å². The molecule has 1 aromatic rings. The van der Waals surface area contributed by atoms with Crippen molar-refractivity contribution in [2.24, 2.45) is 0 Å². The Morgan fingerprint density at radius 2 is 1.95 bits per heavy atom. The summed E-state index contributed by atoms with van der Waals surface area (Å²) in [5.41, 5.74) is 0. The van der Waals surface area contributed by atoms with Crippen molar-refractivity contribution in [3.63, 3.8) is 0 Å². The van der Waals surface area contributed by atoms with E-state index in [1.807, 2.05) is 0 Å². The highest BCUT2D eigenvalue weighted by Crippen LogP contribution is 2.17. The zero-order chi connectivity index (χ0) is 14.7. The molecule has 0 N–H and O–H groups in total. The van der Waals surface area contributed by atoms with Gasteiger partial charge in [-0.15, -0.1) is 0 Å². The predicted molar refractivity (Wildman–Crippen MR) is 70.4 cm³/mol. The van der Waals surface area contributed by atoms with Crippen molar-refractivity contribution in [3.8, 4) is 6.01 Å². The van der Waals surface area contributed by atoms with Crippen LogP contribution in [0.25, 0.3) is 0 Å². The van der Waals surface area contributed by atoms with Crippen molar-refractivity contribution in [2.45, 2.75) is 12.5 Å². The summed E-state index contributed by atoms with van der Waals surface area (Å²) in [5, 5.41) is 0. The van der Waals surface area contributed by atoms with Crippen LogP contribution in [0.4, 0.5) is 9.18 Å². The van der Waals surface area contributed by atoms with Gasteiger partial charge in [0, 0.05) is 26.1 Å². The lowest BCUT2D eigenvalue weighted by molar-refractivity contribution is 0.0442. The van der Waals surface area contributed by atoms with Gasteiger partial charge in [0.05, 0.1) is 32.2 Å².